The first kappa shape index (κ1) is 16.9. The lowest BCUT2D eigenvalue weighted by Gasteiger charge is -2.24. The van der Waals surface area contributed by atoms with E-state index < -0.39 is 17.3 Å². The summed E-state index contributed by atoms with van der Waals surface area (Å²) >= 11 is 5.88. The van der Waals surface area contributed by atoms with Gasteiger partial charge >= 0.3 is 11.7 Å². The second-order valence-corrected chi connectivity index (χ2v) is 5.19. The van der Waals surface area contributed by atoms with Gasteiger partial charge in [-0.05, 0) is 19.1 Å². The van der Waals surface area contributed by atoms with Crippen LogP contribution in [-0.4, -0.2) is 28.2 Å². The van der Waals surface area contributed by atoms with Crippen LogP contribution in [0.3, 0.4) is 0 Å². The van der Waals surface area contributed by atoms with E-state index >= 15 is 0 Å². The zero-order valence-electron chi connectivity index (χ0n) is 12.4. The quantitative estimate of drug-likeness (QED) is 0.396. The molecule has 0 aromatic heterocycles. The molecule has 2 rings (SSSR count). The van der Waals surface area contributed by atoms with Gasteiger partial charge in [-0.3, -0.25) is 0 Å². The maximum atomic E-state index is 12.1. The molecule has 0 aliphatic rings. The molecule has 0 aliphatic carbocycles. The molecule has 0 spiro atoms. The Morgan fingerprint density at radius 3 is 2.26 bits per heavy atom. The zero-order chi connectivity index (χ0) is 16.9. The Hall–Kier alpha value is -2.46. The Morgan fingerprint density at radius 2 is 1.74 bits per heavy atom. The molecule has 0 bridgehead atoms. The van der Waals surface area contributed by atoms with Crippen LogP contribution in [0.1, 0.15) is 18.1 Å². The van der Waals surface area contributed by atoms with Crippen molar-refractivity contribution in [1.29, 1.82) is 0 Å². The summed E-state index contributed by atoms with van der Waals surface area (Å²) in [7, 11) is 0. The molecular weight excluding hydrogens is 316 g/mol. The number of carbonyl (C=O) groups excluding carboxylic acids is 1. The molecule has 0 fully saturated rings. The minimum absolute atomic E-state index is 0.0866. The summed E-state index contributed by atoms with van der Waals surface area (Å²) in [5, 5.41) is 11.7. The second-order valence-electron chi connectivity index (χ2n) is 4.75. The molecule has 1 unspecified atom stereocenters. The fraction of sp³-hybridized carbons (Fsp3) is 0.176. The predicted molar refractivity (Wildman–Crippen MR) is 86.2 cm³/mol. The van der Waals surface area contributed by atoms with Gasteiger partial charge in [0, 0.05) is 16.1 Å². The maximum absolute atomic E-state index is 12.1. The Morgan fingerprint density at radius 1 is 1.17 bits per heavy atom. The molecule has 0 saturated heterocycles. The summed E-state index contributed by atoms with van der Waals surface area (Å²) in [6.07, 6.45) is 0. The summed E-state index contributed by atoms with van der Waals surface area (Å²) in [4.78, 5) is 15.1. The monoisotopic (exact) mass is 330 g/mol. The Labute approximate surface area is 138 Å². The summed E-state index contributed by atoms with van der Waals surface area (Å²) in [6, 6.07) is 14.7. The summed E-state index contributed by atoms with van der Waals surface area (Å²) in [6.45, 7) is 1.71. The second kappa shape index (κ2) is 7.20. The van der Waals surface area contributed by atoms with Crippen LogP contribution in [-0.2, 0) is 15.1 Å². The standard InChI is InChI=1S/C17H15ClN2O3/c1-2-23-16(21)15(20-19)17(22,12-6-4-3-5-7-12)13-8-10-14(18)11-9-13/h3-11,22H,2H2,1H3. The number of hydrogen-bond acceptors (Lipinski definition) is 3. The fourth-order valence-corrected chi connectivity index (χ4v) is 2.40. The molecule has 2 aromatic rings. The van der Waals surface area contributed by atoms with E-state index in [1.807, 2.05) is 0 Å². The normalized spacial score (nSPS) is 12.8. The largest absolute Gasteiger partial charge is 0.457 e. The van der Waals surface area contributed by atoms with Crippen molar-refractivity contribution in [2.24, 2.45) is 0 Å². The minimum Gasteiger partial charge on any atom is -0.457 e. The maximum Gasteiger partial charge on any atom is 0.421 e. The van der Waals surface area contributed by atoms with Gasteiger partial charge in [0.05, 0.1) is 6.61 Å². The number of halogens is 1. The number of esters is 1. The van der Waals surface area contributed by atoms with Crippen LogP contribution in [0, 0.1) is 0 Å². The van der Waals surface area contributed by atoms with Crippen molar-refractivity contribution in [2.45, 2.75) is 12.5 Å². The van der Waals surface area contributed by atoms with Gasteiger partial charge < -0.3 is 15.4 Å². The number of ether oxygens (including phenoxy) is 1. The smallest absolute Gasteiger partial charge is 0.421 e. The molecular formula is C17H15ClN2O3. The number of nitrogens with zero attached hydrogens (tertiary/aromatic N) is 2. The topological polar surface area (TPSA) is 82.9 Å². The Bertz CT molecular complexity index is 740. The van der Waals surface area contributed by atoms with Gasteiger partial charge in [-0.2, -0.15) is 4.79 Å². The SMILES string of the molecule is CCOC(=O)C(=[N+]=[N-])C(O)(c1ccccc1)c1ccc(Cl)cc1. The van der Waals surface area contributed by atoms with Gasteiger partial charge in [-0.25, -0.2) is 4.79 Å². The summed E-state index contributed by atoms with van der Waals surface area (Å²) < 4.78 is 4.89. The van der Waals surface area contributed by atoms with E-state index in [1.165, 1.54) is 0 Å². The first-order valence-corrected chi connectivity index (χ1v) is 7.35. The molecule has 118 valence electrons. The van der Waals surface area contributed by atoms with Crippen molar-refractivity contribution >= 4 is 23.3 Å². The van der Waals surface area contributed by atoms with E-state index in [-0.39, 0.29) is 6.61 Å². The third kappa shape index (κ3) is 3.32. The highest BCUT2D eigenvalue weighted by Gasteiger charge is 2.49. The molecule has 1 atom stereocenters. The van der Waals surface area contributed by atoms with Crippen molar-refractivity contribution in [3.05, 3.63) is 76.3 Å². The van der Waals surface area contributed by atoms with Gasteiger partial charge in [0.1, 0.15) is 0 Å². The molecule has 0 aliphatic heterocycles. The van der Waals surface area contributed by atoms with Crippen LogP contribution in [0.2, 0.25) is 5.02 Å². The van der Waals surface area contributed by atoms with Crippen LogP contribution in [0.4, 0.5) is 0 Å². The van der Waals surface area contributed by atoms with Crippen molar-refractivity contribution in [3.63, 3.8) is 0 Å². The van der Waals surface area contributed by atoms with Gasteiger partial charge in [0.15, 0.2) is 0 Å². The van der Waals surface area contributed by atoms with E-state index in [9.17, 15) is 15.4 Å². The zero-order valence-corrected chi connectivity index (χ0v) is 13.2. The average Bonchev–Trinajstić information content (AvgIpc) is 2.57. The lowest BCUT2D eigenvalue weighted by molar-refractivity contribution is -0.142. The molecule has 0 radical (unpaired) electrons. The minimum atomic E-state index is -1.97. The molecule has 0 saturated carbocycles. The average molecular weight is 331 g/mol. The Balaban J connectivity index is 2.67. The van der Waals surface area contributed by atoms with E-state index in [2.05, 4.69) is 4.79 Å². The van der Waals surface area contributed by atoms with Crippen LogP contribution < -0.4 is 0 Å². The fourth-order valence-electron chi connectivity index (χ4n) is 2.27. The molecule has 5 nitrogen and oxygen atoms in total. The van der Waals surface area contributed by atoms with Gasteiger partial charge in [-0.15, -0.1) is 0 Å². The van der Waals surface area contributed by atoms with Gasteiger partial charge in [-0.1, -0.05) is 54.1 Å². The lowest BCUT2D eigenvalue weighted by Crippen LogP contribution is -2.43. The van der Waals surface area contributed by atoms with E-state index in [4.69, 9.17) is 16.3 Å². The van der Waals surface area contributed by atoms with E-state index in [0.717, 1.165) is 0 Å². The number of carbonyl (C=O) groups is 1. The number of hydrogen-bond donors (Lipinski definition) is 1. The van der Waals surface area contributed by atoms with Gasteiger partial charge in [0.2, 0.25) is 5.60 Å². The van der Waals surface area contributed by atoms with Crippen LogP contribution in [0.25, 0.3) is 5.53 Å². The van der Waals surface area contributed by atoms with E-state index in [0.29, 0.717) is 16.1 Å². The third-order valence-corrected chi connectivity index (χ3v) is 3.62. The third-order valence-electron chi connectivity index (χ3n) is 3.37. The molecule has 1 N–H and O–H groups in total. The summed E-state index contributed by atoms with van der Waals surface area (Å²) in [5.74, 6) is -0.906. The molecule has 6 heteroatoms. The Kier molecular flexibility index (Phi) is 5.29. The van der Waals surface area contributed by atoms with Crippen molar-refractivity contribution in [3.8, 4) is 0 Å². The summed E-state index contributed by atoms with van der Waals surface area (Å²) in [5.41, 5.74) is 7.54. The molecule has 0 amide bonds. The first-order valence-electron chi connectivity index (χ1n) is 6.97. The first-order chi connectivity index (χ1) is 11.0. The van der Waals surface area contributed by atoms with Crippen LogP contribution in [0.5, 0.6) is 0 Å². The highest BCUT2D eigenvalue weighted by atomic mass is 35.5. The number of rotatable bonds is 5. The van der Waals surface area contributed by atoms with E-state index in [1.54, 1.807) is 61.5 Å². The predicted octanol–water partition coefficient (Wildman–Crippen LogP) is 2.81. The highest BCUT2D eigenvalue weighted by molar-refractivity contribution is 6.38. The van der Waals surface area contributed by atoms with Crippen molar-refractivity contribution in [1.82, 2.24) is 0 Å². The van der Waals surface area contributed by atoms with Crippen molar-refractivity contribution in [2.75, 3.05) is 6.61 Å². The number of benzene rings is 2. The lowest BCUT2D eigenvalue weighted by atomic mass is 9.82. The number of aliphatic hydroxyl groups is 1. The van der Waals surface area contributed by atoms with Crippen LogP contribution in [0.15, 0.2) is 54.6 Å². The molecule has 23 heavy (non-hydrogen) atoms. The molecule has 0 heterocycles. The van der Waals surface area contributed by atoms with Gasteiger partial charge in [0.25, 0.3) is 0 Å². The van der Waals surface area contributed by atoms with Crippen molar-refractivity contribution < 1.29 is 19.4 Å². The molecule has 2 aromatic carbocycles. The highest BCUT2D eigenvalue weighted by Crippen LogP contribution is 2.32. The van der Waals surface area contributed by atoms with Crippen LogP contribution >= 0.6 is 11.6 Å².